The molecular formula is C20H18N6O2S. The number of nitriles is 1. The quantitative estimate of drug-likeness (QED) is 0.539. The maximum absolute atomic E-state index is 12.6. The number of thiazole rings is 1. The first-order valence-electron chi connectivity index (χ1n) is 9.35. The highest BCUT2D eigenvalue weighted by molar-refractivity contribution is 7.18. The van der Waals surface area contributed by atoms with Crippen molar-refractivity contribution in [3.63, 3.8) is 0 Å². The molecule has 0 amide bonds. The van der Waals surface area contributed by atoms with Gasteiger partial charge in [-0.25, -0.2) is 4.98 Å². The van der Waals surface area contributed by atoms with Crippen LogP contribution in [0, 0.1) is 24.2 Å². The molecule has 0 radical (unpaired) electrons. The molecule has 0 saturated carbocycles. The van der Waals surface area contributed by atoms with Crippen LogP contribution in [0.4, 0.5) is 11.5 Å². The summed E-state index contributed by atoms with van der Waals surface area (Å²) in [6, 6.07) is 9.81. The second-order valence-corrected chi connectivity index (χ2v) is 8.30. The van der Waals surface area contributed by atoms with Gasteiger partial charge in [-0.05, 0) is 37.6 Å². The molecule has 0 unspecified atom stereocenters. The number of hydrogen-bond donors (Lipinski definition) is 2. The molecule has 8 nitrogen and oxygen atoms in total. The summed E-state index contributed by atoms with van der Waals surface area (Å²) >= 11 is 1.62. The molecule has 1 aliphatic heterocycles. The number of aryl methyl sites for hydroxylation is 1. The Balaban J connectivity index is 1.61. The Morgan fingerprint density at radius 3 is 3.17 bits per heavy atom. The van der Waals surface area contributed by atoms with E-state index in [-0.39, 0.29) is 17.5 Å². The van der Waals surface area contributed by atoms with Crippen molar-refractivity contribution >= 4 is 44.0 Å². The van der Waals surface area contributed by atoms with Crippen LogP contribution in [0.5, 0.6) is 0 Å². The largest absolute Gasteiger partial charge is 0.379 e. The van der Waals surface area contributed by atoms with E-state index >= 15 is 0 Å². The minimum absolute atomic E-state index is 0.212. The summed E-state index contributed by atoms with van der Waals surface area (Å²) in [4.78, 5) is 19.8. The summed E-state index contributed by atoms with van der Waals surface area (Å²) in [6.07, 6.45) is 2.25. The molecule has 4 aromatic rings. The van der Waals surface area contributed by atoms with Gasteiger partial charge in [0.1, 0.15) is 5.39 Å². The Hall–Kier alpha value is -3.22. The lowest BCUT2D eigenvalue weighted by Crippen LogP contribution is -2.30. The molecule has 146 valence electrons. The number of H-pyrrole nitrogens is 1. The van der Waals surface area contributed by atoms with Gasteiger partial charge in [-0.3, -0.25) is 9.48 Å². The molecule has 1 aromatic carbocycles. The van der Waals surface area contributed by atoms with E-state index in [1.54, 1.807) is 22.2 Å². The lowest BCUT2D eigenvalue weighted by Gasteiger charge is -2.27. The normalized spacial score (nSPS) is 19.4. The van der Waals surface area contributed by atoms with E-state index in [0.717, 1.165) is 20.9 Å². The van der Waals surface area contributed by atoms with Crippen LogP contribution < -0.4 is 10.9 Å². The van der Waals surface area contributed by atoms with Crippen LogP contribution in [0.2, 0.25) is 0 Å². The van der Waals surface area contributed by atoms with Crippen LogP contribution in [0.3, 0.4) is 0 Å². The van der Waals surface area contributed by atoms with E-state index < -0.39 is 0 Å². The summed E-state index contributed by atoms with van der Waals surface area (Å²) in [5.74, 6) is 0.250. The van der Waals surface area contributed by atoms with Gasteiger partial charge in [-0.15, -0.1) is 11.3 Å². The molecule has 3 aromatic heterocycles. The molecule has 1 fully saturated rings. The van der Waals surface area contributed by atoms with Crippen LogP contribution >= 0.6 is 11.3 Å². The number of pyridine rings is 1. The van der Waals surface area contributed by atoms with Crippen molar-refractivity contribution in [3.8, 4) is 6.07 Å². The second kappa shape index (κ2) is 6.99. The zero-order valence-electron chi connectivity index (χ0n) is 15.7. The monoisotopic (exact) mass is 406 g/mol. The Bertz CT molecular complexity index is 1310. The minimum Gasteiger partial charge on any atom is -0.379 e. The SMILES string of the molecule is Cc1nc2ccc(Nc3nn([C@@H]4COCC[C@@H]4C#N)c4cc[nH]c(=O)c34)cc2s1. The van der Waals surface area contributed by atoms with Gasteiger partial charge in [0.2, 0.25) is 0 Å². The Labute approximate surface area is 169 Å². The van der Waals surface area contributed by atoms with Crippen LogP contribution in [0.15, 0.2) is 35.3 Å². The van der Waals surface area contributed by atoms with Crippen molar-refractivity contribution in [3.05, 3.63) is 45.8 Å². The fraction of sp³-hybridized carbons (Fsp3) is 0.300. The van der Waals surface area contributed by atoms with Crippen molar-refractivity contribution < 1.29 is 4.74 Å². The highest BCUT2D eigenvalue weighted by atomic mass is 32.1. The minimum atomic E-state index is -0.236. The van der Waals surface area contributed by atoms with Crippen molar-refractivity contribution in [2.75, 3.05) is 18.5 Å². The lowest BCUT2D eigenvalue weighted by atomic mass is 9.96. The van der Waals surface area contributed by atoms with Gasteiger partial charge < -0.3 is 15.0 Å². The molecule has 5 rings (SSSR count). The van der Waals surface area contributed by atoms with Gasteiger partial charge in [0.15, 0.2) is 5.82 Å². The average molecular weight is 406 g/mol. The Morgan fingerprint density at radius 2 is 2.31 bits per heavy atom. The van der Waals surface area contributed by atoms with E-state index in [1.807, 2.05) is 31.2 Å². The zero-order valence-corrected chi connectivity index (χ0v) is 16.5. The van der Waals surface area contributed by atoms with Gasteiger partial charge >= 0.3 is 0 Å². The maximum Gasteiger partial charge on any atom is 0.261 e. The maximum atomic E-state index is 12.6. The average Bonchev–Trinajstić information content (AvgIpc) is 3.28. The third-order valence-electron chi connectivity index (χ3n) is 5.19. The van der Waals surface area contributed by atoms with Crippen molar-refractivity contribution in [1.82, 2.24) is 19.7 Å². The summed E-state index contributed by atoms with van der Waals surface area (Å²) < 4.78 is 8.43. The third kappa shape index (κ3) is 3.06. The first-order chi connectivity index (χ1) is 14.1. The topological polar surface area (TPSA) is 109 Å². The zero-order chi connectivity index (χ0) is 20.0. The number of aromatic nitrogens is 4. The van der Waals surface area contributed by atoms with Gasteiger partial charge in [-0.1, -0.05) is 0 Å². The smallest absolute Gasteiger partial charge is 0.261 e. The number of nitrogens with one attached hydrogen (secondary N) is 2. The number of anilines is 2. The van der Waals surface area contributed by atoms with E-state index in [1.165, 1.54) is 0 Å². The molecule has 1 saturated heterocycles. The van der Waals surface area contributed by atoms with Crippen LogP contribution in [-0.2, 0) is 4.74 Å². The van der Waals surface area contributed by atoms with E-state index in [9.17, 15) is 10.1 Å². The summed E-state index contributed by atoms with van der Waals surface area (Å²) in [5, 5.41) is 19.0. The molecule has 4 heterocycles. The molecule has 0 aliphatic carbocycles. The lowest BCUT2D eigenvalue weighted by molar-refractivity contribution is 0.0359. The number of nitrogens with zero attached hydrogens (tertiary/aromatic N) is 4. The number of ether oxygens (including phenoxy) is 1. The Kier molecular flexibility index (Phi) is 4.30. The molecular weight excluding hydrogens is 388 g/mol. The predicted octanol–water partition coefficient (Wildman–Crippen LogP) is 3.49. The van der Waals surface area contributed by atoms with E-state index in [0.29, 0.717) is 36.4 Å². The van der Waals surface area contributed by atoms with Gasteiger partial charge in [0.05, 0.1) is 45.4 Å². The van der Waals surface area contributed by atoms with Gasteiger partial charge in [0, 0.05) is 18.5 Å². The van der Waals surface area contributed by atoms with Gasteiger partial charge in [-0.2, -0.15) is 10.4 Å². The standard InChI is InChI=1S/C20H18N6O2S/c1-11-23-14-3-2-13(8-17(14)29-11)24-19-18-15(4-6-22-20(18)27)26(25-19)16-10-28-7-5-12(16)9-21/h2-4,6,8,12,16H,5,7,10H2,1H3,(H,22,27)(H,24,25)/t12-,16-/m1/s1. The highest BCUT2D eigenvalue weighted by Gasteiger charge is 2.30. The first kappa shape index (κ1) is 17.8. The highest BCUT2D eigenvalue weighted by Crippen LogP contribution is 2.32. The molecule has 2 N–H and O–H groups in total. The molecule has 0 spiro atoms. The van der Waals surface area contributed by atoms with E-state index in [2.05, 4.69) is 21.4 Å². The summed E-state index contributed by atoms with van der Waals surface area (Å²) in [5.41, 5.74) is 2.23. The number of aromatic amines is 1. The number of hydrogen-bond acceptors (Lipinski definition) is 7. The number of rotatable bonds is 3. The summed E-state index contributed by atoms with van der Waals surface area (Å²) in [6.45, 7) is 2.94. The molecule has 1 aliphatic rings. The van der Waals surface area contributed by atoms with Crippen LogP contribution in [0.25, 0.3) is 21.1 Å². The van der Waals surface area contributed by atoms with Gasteiger partial charge in [0.25, 0.3) is 5.56 Å². The third-order valence-corrected chi connectivity index (χ3v) is 6.13. The Morgan fingerprint density at radius 1 is 1.41 bits per heavy atom. The fourth-order valence-corrected chi connectivity index (χ4v) is 4.68. The first-order valence-corrected chi connectivity index (χ1v) is 10.2. The molecule has 2 atom stereocenters. The second-order valence-electron chi connectivity index (χ2n) is 7.07. The number of fused-ring (bicyclic) bond motifs is 2. The van der Waals surface area contributed by atoms with Crippen LogP contribution in [0.1, 0.15) is 17.5 Å². The molecule has 29 heavy (non-hydrogen) atoms. The molecule has 0 bridgehead atoms. The predicted molar refractivity (Wildman–Crippen MR) is 112 cm³/mol. The summed E-state index contributed by atoms with van der Waals surface area (Å²) in [7, 11) is 0. The molecule has 9 heteroatoms. The van der Waals surface area contributed by atoms with Crippen molar-refractivity contribution in [1.29, 1.82) is 5.26 Å². The fourth-order valence-electron chi connectivity index (χ4n) is 3.81. The van der Waals surface area contributed by atoms with Crippen molar-refractivity contribution in [2.24, 2.45) is 5.92 Å². The number of benzene rings is 1. The van der Waals surface area contributed by atoms with Crippen LogP contribution in [-0.4, -0.2) is 33.0 Å². The van der Waals surface area contributed by atoms with E-state index in [4.69, 9.17) is 9.84 Å². The van der Waals surface area contributed by atoms with Crippen molar-refractivity contribution in [2.45, 2.75) is 19.4 Å².